The van der Waals surface area contributed by atoms with Crippen LogP contribution in [0.3, 0.4) is 0 Å². The molecule has 2 amide bonds. The van der Waals surface area contributed by atoms with Crippen LogP contribution in [0.1, 0.15) is 65.4 Å². The highest BCUT2D eigenvalue weighted by atomic mass is 19.3. The molecule has 0 aliphatic carbocycles. The number of rotatable bonds is 8. The number of benzene rings is 1. The van der Waals surface area contributed by atoms with Gasteiger partial charge in [-0.15, -0.1) is 0 Å². The van der Waals surface area contributed by atoms with Gasteiger partial charge in [0.25, 0.3) is 11.8 Å². The maximum atomic E-state index is 13.9. The van der Waals surface area contributed by atoms with Gasteiger partial charge in [-0.05, 0) is 38.7 Å². The Morgan fingerprint density at radius 3 is 2.55 bits per heavy atom. The number of nitrogens with one attached hydrogen (secondary N) is 1. The van der Waals surface area contributed by atoms with Crippen molar-refractivity contribution < 1.29 is 37.0 Å². The van der Waals surface area contributed by atoms with Crippen LogP contribution in [0, 0.1) is 11.6 Å². The number of pyridine rings is 1. The number of unbranched alkanes of at least 4 members (excludes halogenated alkanes) is 1. The van der Waals surface area contributed by atoms with Crippen molar-refractivity contribution in [1.29, 1.82) is 0 Å². The molecule has 0 bridgehead atoms. The summed E-state index contributed by atoms with van der Waals surface area (Å²) >= 11 is 0. The normalized spacial score (nSPS) is 17.0. The van der Waals surface area contributed by atoms with Gasteiger partial charge in [0.05, 0.1) is 5.54 Å². The summed E-state index contributed by atoms with van der Waals surface area (Å²) < 4.78 is 60.4. The first-order chi connectivity index (χ1) is 17.9. The predicted octanol–water partition coefficient (Wildman–Crippen LogP) is 3.59. The Bertz CT molecular complexity index is 1280. The Hall–Kier alpha value is -3.41. The van der Waals surface area contributed by atoms with E-state index >= 15 is 0 Å². The van der Waals surface area contributed by atoms with Crippen LogP contribution < -0.4 is 10.7 Å². The second-order valence-corrected chi connectivity index (χ2v) is 9.94. The molecule has 2 aliphatic rings. The Morgan fingerprint density at radius 2 is 1.89 bits per heavy atom. The number of alkyl halides is 2. The van der Waals surface area contributed by atoms with Gasteiger partial charge in [0.1, 0.15) is 17.2 Å². The van der Waals surface area contributed by atoms with Crippen LogP contribution in [-0.2, 0) is 17.8 Å². The second-order valence-electron chi connectivity index (χ2n) is 9.94. The molecule has 2 aliphatic heterocycles. The third-order valence-corrected chi connectivity index (χ3v) is 7.11. The number of aromatic hydroxyl groups is 1. The van der Waals surface area contributed by atoms with E-state index < -0.39 is 51.7 Å². The fraction of sp³-hybridized carbons (Fsp3) is 0.500. The Morgan fingerprint density at radius 1 is 1.18 bits per heavy atom. The average molecular weight is 540 g/mol. The third kappa shape index (κ3) is 5.69. The number of carbonyl (C=O) groups excluding carboxylic acids is 2. The minimum absolute atomic E-state index is 0.00477. The summed E-state index contributed by atoms with van der Waals surface area (Å²) in [5, 5.41) is 13.1. The topological polar surface area (TPSA) is 101 Å². The van der Waals surface area contributed by atoms with E-state index in [0.29, 0.717) is 38.5 Å². The number of halogens is 4. The molecule has 206 valence electrons. The predicted molar refractivity (Wildman–Crippen MR) is 128 cm³/mol. The fourth-order valence-electron chi connectivity index (χ4n) is 5.07. The Kier molecular flexibility index (Phi) is 7.82. The van der Waals surface area contributed by atoms with Crippen LogP contribution in [0.4, 0.5) is 17.6 Å². The molecule has 2 N–H and O–H groups in total. The molecule has 38 heavy (non-hydrogen) atoms. The molecule has 8 nitrogen and oxygen atoms in total. The van der Waals surface area contributed by atoms with Gasteiger partial charge in [-0.2, -0.15) is 0 Å². The van der Waals surface area contributed by atoms with Gasteiger partial charge in [-0.25, -0.2) is 17.6 Å². The van der Waals surface area contributed by atoms with Crippen molar-refractivity contribution in [3.63, 3.8) is 0 Å². The van der Waals surface area contributed by atoms with E-state index in [-0.39, 0.29) is 43.7 Å². The zero-order valence-electron chi connectivity index (χ0n) is 20.9. The Labute approximate surface area is 216 Å². The van der Waals surface area contributed by atoms with Crippen molar-refractivity contribution in [2.45, 2.75) is 63.6 Å². The molecule has 0 atom stereocenters. The molecule has 1 aromatic heterocycles. The Balaban J connectivity index is 1.60. The van der Waals surface area contributed by atoms with Gasteiger partial charge < -0.3 is 24.6 Å². The van der Waals surface area contributed by atoms with E-state index in [4.69, 9.17) is 4.74 Å². The molecule has 1 aromatic carbocycles. The summed E-state index contributed by atoms with van der Waals surface area (Å²) in [6.07, 6.45) is 2.25. The zero-order valence-corrected chi connectivity index (χ0v) is 20.9. The highest BCUT2D eigenvalue weighted by molar-refractivity contribution is 5.99. The zero-order chi connectivity index (χ0) is 27.7. The summed E-state index contributed by atoms with van der Waals surface area (Å²) in [6.45, 7) is 1.53. The van der Waals surface area contributed by atoms with Gasteiger partial charge in [0.15, 0.2) is 11.4 Å². The highest BCUT2D eigenvalue weighted by Gasteiger charge is 2.47. The lowest BCUT2D eigenvalue weighted by molar-refractivity contribution is -0.0374. The molecule has 4 rings (SSSR count). The maximum Gasteiger partial charge on any atom is 0.275 e. The van der Waals surface area contributed by atoms with E-state index in [1.165, 1.54) is 15.7 Å². The van der Waals surface area contributed by atoms with Gasteiger partial charge >= 0.3 is 0 Å². The third-order valence-electron chi connectivity index (χ3n) is 7.11. The van der Waals surface area contributed by atoms with Crippen molar-refractivity contribution in [2.75, 3.05) is 19.8 Å². The largest absolute Gasteiger partial charge is 0.503 e. The van der Waals surface area contributed by atoms with E-state index in [9.17, 15) is 37.1 Å². The monoisotopic (exact) mass is 539 g/mol. The van der Waals surface area contributed by atoms with Gasteiger partial charge in [0, 0.05) is 57.1 Å². The maximum absolute atomic E-state index is 13.9. The smallest absolute Gasteiger partial charge is 0.275 e. The summed E-state index contributed by atoms with van der Waals surface area (Å²) in [4.78, 5) is 40.8. The molecule has 3 heterocycles. The molecule has 1 saturated heterocycles. The standard InChI is InChI=1S/C26H29F4N3O5/c1-25(29,30)6-2-3-9-33-24(37)20-22(35)21(34)18(14-32(20)15-26(33)7-10-38-11-8-26)23(36)31-13-16-4-5-17(27)12-19(16)28/h4-5,12,14,35H,2-3,6-11,13,15H2,1H3,(H,31,36). The average Bonchev–Trinajstić information content (AvgIpc) is 2.84. The van der Waals surface area contributed by atoms with Crippen molar-refractivity contribution in [1.82, 2.24) is 14.8 Å². The summed E-state index contributed by atoms with van der Waals surface area (Å²) in [6, 6.07) is 2.86. The summed E-state index contributed by atoms with van der Waals surface area (Å²) in [7, 11) is 0. The van der Waals surface area contributed by atoms with Crippen LogP contribution in [0.15, 0.2) is 29.2 Å². The van der Waals surface area contributed by atoms with Crippen molar-refractivity contribution in [3.8, 4) is 5.75 Å². The van der Waals surface area contributed by atoms with Gasteiger partial charge in [-0.1, -0.05) is 6.07 Å². The number of ether oxygens (including phenoxy) is 1. The number of hydrogen-bond donors (Lipinski definition) is 2. The molecule has 1 fully saturated rings. The highest BCUT2D eigenvalue weighted by Crippen LogP contribution is 2.37. The van der Waals surface area contributed by atoms with Gasteiger partial charge in [-0.3, -0.25) is 14.4 Å². The molecular formula is C26H29F4N3O5. The minimum atomic E-state index is -2.82. The summed E-state index contributed by atoms with van der Waals surface area (Å²) in [5.41, 5.74) is -2.55. The lowest BCUT2D eigenvalue weighted by atomic mass is 9.84. The quantitative estimate of drug-likeness (QED) is 0.395. The summed E-state index contributed by atoms with van der Waals surface area (Å²) in [5.74, 6) is -6.90. The van der Waals surface area contributed by atoms with Crippen molar-refractivity contribution in [2.24, 2.45) is 0 Å². The van der Waals surface area contributed by atoms with Crippen LogP contribution in [-0.4, -0.2) is 57.6 Å². The number of fused-ring (bicyclic) bond motifs is 1. The first kappa shape index (κ1) is 27.6. The number of carbonyl (C=O) groups is 2. The number of amides is 2. The molecule has 0 saturated carbocycles. The number of hydrogen-bond acceptors (Lipinski definition) is 5. The van der Waals surface area contributed by atoms with Crippen LogP contribution in [0.2, 0.25) is 0 Å². The van der Waals surface area contributed by atoms with E-state index in [2.05, 4.69) is 5.32 Å². The molecule has 1 spiro atoms. The first-order valence-electron chi connectivity index (χ1n) is 12.4. The van der Waals surface area contributed by atoms with Crippen molar-refractivity contribution in [3.05, 3.63) is 63.1 Å². The molecular weight excluding hydrogens is 510 g/mol. The number of aromatic nitrogens is 1. The van der Waals surface area contributed by atoms with Gasteiger partial charge in [0.2, 0.25) is 11.4 Å². The SMILES string of the molecule is CC(F)(F)CCCCN1C(=O)c2c(O)c(=O)c(C(=O)NCc3ccc(F)cc3F)cn2CC12CCOCC2. The van der Waals surface area contributed by atoms with Crippen LogP contribution >= 0.6 is 0 Å². The number of nitrogens with zero attached hydrogens (tertiary/aromatic N) is 2. The van der Waals surface area contributed by atoms with Crippen molar-refractivity contribution >= 4 is 11.8 Å². The van der Waals surface area contributed by atoms with E-state index in [0.717, 1.165) is 19.1 Å². The van der Waals surface area contributed by atoms with E-state index in [1.54, 1.807) is 0 Å². The molecule has 12 heteroatoms. The molecule has 0 radical (unpaired) electrons. The lowest BCUT2D eigenvalue weighted by Crippen LogP contribution is -2.61. The van der Waals surface area contributed by atoms with Crippen LogP contribution in [0.25, 0.3) is 0 Å². The molecule has 0 unspecified atom stereocenters. The second kappa shape index (κ2) is 10.8. The lowest BCUT2D eigenvalue weighted by Gasteiger charge is -2.50. The fourth-order valence-corrected chi connectivity index (χ4v) is 5.07. The van der Waals surface area contributed by atoms with E-state index in [1.807, 2.05) is 0 Å². The minimum Gasteiger partial charge on any atom is -0.503 e. The molecule has 2 aromatic rings. The first-order valence-corrected chi connectivity index (χ1v) is 12.4. The van der Waals surface area contributed by atoms with Crippen LogP contribution in [0.5, 0.6) is 5.75 Å².